The fourth-order valence-corrected chi connectivity index (χ4v) is 2.76. The molecule has 25 heavy (non-hydrogen) atoms. The van der Waals surface area contributed by atoms with Gasteiger partial charge in [-0.05, 0) is 50.1 Å². The van der Waals surface area contributed by atoms with Crippen LogP contribution in [0.4, 0.5) is 4.39 Å². The maximum atomic E-state index is 13.0. The van der Waals surface area contributed by atoms with Crippen molar-refractivity contribution < 1.29 is 9.13 Å². The average molecular weight is 339 g/mol. The molecule has 0 radical (unpaired) electrons. The highest BCUT2D eigenvalue weighted by atomic mass is 19.1. The second-order valence-electron chi connectivity index (χ2n) is 6.06. The zero-order valence-electron chi connectivity index (χ0n) is 14.4. The summed E-state index contributed by atoms with van der Waals surface area (Å²) in [7, 11) is 0. The van der Waals surface area contributed by atoms with E-state index >= 15 is 0 Å². The van der Waals surface area contributed by atoms with Crippen molar-refractivity contribution in [2.45, 2.75) is 32.9 Å². The molecule has 130 valence electrons. The van der Waals surface area contributed by atoms with E-state index in [1.54, 1.807) is 18.3 Å². The van der Waals surface area contributed by atoms with Gasteiger partial charge in [-0.15, -0.1) is 0 Å². The van der Waals surface area contributed by atoms with Gasteiger partial charge in [0.25, 0.3) is 0 Å². The van der Waals surface area contributed by atoms with Gasteiger partial charge in [-0.3, -0.25) is 4.57 Å². The molecule has 3 rings (SSSR count). The van der Waals surface area contributed by atoms with E-state index in [0.717, 1.165) is 12.1 Å². The summed E-state index contributed by atoms with van der Waals surface area (Å²) in [5.41, 5.74) is 9.73. The normalized spacial score (nSPS) is 12.2. The number of ether oxygens (including phenoxy) is 1. The topological polar surface area (TPSA) is 53.1 Å². The molecule has 2 aromatic carbocycles. The number of rotatable bonds is 6. The lowest BCUT2D eigenvalue weighted by atomic mass is 10.0. The Morgan fingerprint density at radius 3 is 2.44 bits per heavy atom. The van der Waals surface area contributed by atoms with Gasteiger partial charge in [0, 0.05) is 6.54 Å². The van der Waals surface area contributed by atoms with Crippen LogP contribution in [-0.4, -0.2) is 9.55 Å². The van der Waals surface area contributed by atoms with Crippen LogP contribution in [0.25, 0.3) is 0 Å². The van der Waals surface area contributed by atoms with E-state index in [4.69, 9.17) is 10.5 Å². The minimum absolute atomic E-state index is 0.180. The Balaban J connectivity index is 1.78. The van der Waals surface area contributed by atoms with Crippen molar-refractivity contribution in [1.29, 1.82) is 0 Å². The smallest absolute Gasteiger partial charge is 0.302 e. The second kappa shape index (κ2) is 7.49. The maximum Gasteiger partial charge on any atom is 0.302 e. The Morgan fingerprint density at radius 2 is 1.80 bits per heavy atom. The third-order valence-corrected chi connectivity index (χ3v) is 4.14. The zero-order valence-corrected chi connectivity index (χ0v) is 14.4. The predicted molar refractivity (Wildman–Crippen MR) is 96.2 cm³/mol. The van der Waals surface area contributed by atoms with Gasteiger partial charge in [0.05, 0.1) is 17.9 Å². The van der Waals surface area contributed by atoms with Crippen molar-refractivity contribution in [1.82, 2.24) is 9.55 Å². The second-order valence-corrected chi connectivity index (χ2v) is 6.06. The molecule has 0 aliphatic rings. The third kappa shape index (κ3) is 4.06. The molecule has 2 N–H and O–H groups in total. The number of hydrogen-bond acceptors (Lipinski definition) is 3. The van der Waals surface area contributed by atoms with Crippen molar-refractivity contribution in [3.63, 3.8) is 0 Å². The van der Waals surface area contributed by atoms with Crippen molar-refractivity contribution >= 4 is 0 Å². The molecule has 0 bridgehead atoms. The minimum atomic E-state index is -0.299. The molecule has 0 aliphatic heterocycles. The molecule has 5 heteroatoms. The highest BCUT2D eigenvalue weighted by molar-refractivity contribution is 5.28. The van der Waals surface area contributed by atoms with Gasteiger partial charge >= 0.3 is 6.01 Å². The van der Waals surface area contributed by atoms with Gasteiger partial charge in [0.1, 0.15) is 11.6 Å². The van der Waals surface area contributed by atoms with E-state index in [-0.39, 0.29) is 11.9 Å². The Kier molecular flexibility index (Phi) is 5.14. The summed E-state index contributed by atoms with van der Waals surface area (Å²) in [5.74, 6) is 0.243. The standard InChI is InChI=1S/C20H22FN3O/c1-3-24-19(18(22)12-15-6-4-14(2)5-7-15)13-23-20(24)25-17-10-8-16(21)9-11-17/h4-11,13,18H,3,12,22H2,1-2H3. The first-order valence-electron chi connectivity index (χ1n) is 8.36. The van der Waals surface area contributed by atoms with Crippen LogP contribution in [0.5, 0.6) is 11.8 Å². The van der Waals surface area contributed by atoms with Crippen molar-refractivity contribution in [2.24, 2.45) is 5.73 Å². The first kappa shape index (κ1) is 17.2. The Labute approximate surface area is 147 Å². The first-order chi connectivity index (χ1) is 12.1. The van der Waals surface area contributed by atoms with Crippen LogP contribution in [0.2, 0.25) is 0 Å². The van der Waals surface area contributed by atoms with E-state index in [2.05, 4.69) is 36.2 Å². The van der Waals surface area contributed by atoms with E-state index in [0.29, 0.717) is 18.3 Å². The van der Waals surface area contributed by atoms with Gasteiger partial charge in [-0.25, -0.2) is 9.37 Å². The van der Waals surface area contributed by atoms with Crippen LogP contribution >= 0.6 is 0 Å². The Bertz CT molecular complexity index is 825. The number of imidazole rings is 1. The highest BCUT2D eigenvalue weighted by Gasteiger charge is 2.17. The van der Waals surface area contributed by atoms with Gasteiger partial charge in [0.15, 0.2) is 0 Å². The number of aryl methyl sites for hydroxylation is 1. The summed E-state index contributed by atoms with van der Waals surface area (Å²) in [6, 6.07) is 14.5. The molecule has 0 saturated heterocycles. The average Bonchev–Trinajstić information content (AvgIpc) is 3.01. The molecule has 0 saturated carbocycles. The largest absolute Gasteiger partial charge is 0.426 e. The Morgan fingerprint density at radius 1 is 1.12 bits per heavy atom. The lowest BCUT2D eigenvalue weighted by molar-refractivity contribution is 0.407. The lowest BCUT2D eigenvalue weighted by Crippen LogP contribution is -2.18. The van der Waals surface area contributed by atoms with Crippen LogP contribution < -0.4 is 10.5 Å². The van der Waals surface area contributed by atoms with Gasteiger partial charge in [-0.1, -0.05) is 29.8 Å². The SMILES string of the molecule is CCn1c(C(N)Cc2ccc(C)cc2)cnc1Oc1ccc(F)cc1. The van der Waals surface area contributed by atoms with E-state index < -0.39 is 0 Å². The van der Waals surface area contributed by atoms with Crippen molar-refractivity contribution in [3.8, 4) is 11.8 Å². The summed E-state index contributed by atoms with van der Waals surface area (Å²) in [4.78, 5) is 4.35. The summed E-state index contributed by atoms with van der Waals surface area (Å²) >= 11 is 0. The lowest BCUT2D eigenvalue weighted by Gasteiger charge is -2.15. The summed E-state index contributed by atoms with van der Waals surface area (Å²) in [6.07, 6.45) is 2.48. The molecule has 1 atom stereocenters. The molecule has 1 aromatic heterocycles. The number of nitrogens with two attached hydrogens (primary N) is 1. The zero-order chi connectivity index (χ0) is 17.8. The van der Waals surface area contributed by atoms with E-state index in [1.165, 1.54) is 23.3 Å². The fraction of sp³-hybridized carbons (Fsp3) is 0.250. The number of aromatic nitrogens is 2. The van der Waals surface area contributed by atoms with Gasteiger partial charge in [-0.2, -0.15) is 0 Å². The molecule has 0 aliphatic carbocycles. The van der Waals surface area contributed by atoms with Crippen LogP contribution in [0.1, 0.15) is 29.8 Å². The molecule has 0 spiro atoms. The monoisotopic (exact) mass is 339 g/mol. The highest BCUT2D eigenvalue weighted by Crippen LogP contribution is 2.25. The van der Waals surface area contributed by atoms with Gasteiger partial charge < -0.3 is 10.5 Å². The van der Waals surface area contributed by atoms with E-state index in [9.17, 15) is 4.39 Å². The number of nitrogens with zero attached hydrogens (tertiary/aromatic N) is 2. The molecule has 4 nitrogen and oxygen atoms in total. The molecule has 1 unspecified atom stereocenters. The Hall–Kier alpha value is -2.66. The van der Waals surface area contributed by atoms with Gasteiger partial charge in [0.2, 0.25) is 0 Å². The van der Waals surface area contributed by atoms with Crippen LogP contribution in [0.15, 0.2) is 54.7 Å². The summed E-state index contributed by atoms with van der Waals surface area (Å²) < 4.78 is 20.7. The van der Waals surface area contributed by atoms with Crippen LogP contribution in [0.3, 0.4) is 0 Å². The molecule has 0 amide bonds. The van der Waals surface area contributed by atoms with Crippen LogP contribution in [-0.2, 0) is 13.0 Å². The maximum absolute atomic E-state index is 13.0. The minimum Gasteiger partial charge on any atom is -0.426 e. The molecular weight excluding hydrogens is 317 g/mol. The predicted octanol–water partition coefficient (Wildman–Crippen LogP) is 4.39. The third-order valence-electron chi connectivity index (χ3n) is 4.14. The quantitative estimate of drug-likeness (QED) is 0.725. The summed E-state index contributed by atoms with van der Waals surface area (Å²) in [6.45, 7) is 4.77. The molecule has 3 aromatic rings. The van der Waals surface area contributed by atoms with E-state index in [1.807, 2.05) is 11.5 Å². The van der Waals surface area contributed by atoms with Crippen molar-refractivity contribution in [3.05, 3.63) is 77.4 Å². The van der Waals surface area contributed by atoms with Crippen LogP contribution in [0, 0.1) is 12.7 Å². The number of benzene rings is 2. The summed E-state index contributed by atoms with van der Waals surface area (Å²) in [5, 5.41) is 0. The fourth-order valence-electron chi connectivity index (χ4n) is 2.76. The molecular formula is C20H22FN3O. The van der Waals surface area contributed by atoms with Crippen molar-refractivity contribution in [2.75, 3.05) is 0 Å². The number of halogens is 1. The molecule has 0 fully saturated rings. The first-order valence-corrected chi connectivity index (χ1v) is 8.36. The molecule has 1 heterocycles. The number of hydrogen-bond donors (Lipinski definition) is 1.